The zero-order chi connectivity index (χ0) is 15.2. The molecule has 3 rings (SSSR count). The summed E-state index contributed by atoms with van der Waals surface area (Å²) in [6, 6.07) is 3.66. The number of nitrogens with zero attached hydrogens (tertiary/aromatic N) is 1. The predicted molar refractivity (Wildman–Crippen MR) is 82.9 cm³/mol. The molecule has 1 aromatic heterocycles. The molecule has 116 valence electrons. The maximum Gasteiger partial charge on any atom is 0.241 e. The van der Waals surface area contributed by atoms with Gasteiger partial charge >= 0.3 is 0 Å². The second-order valence-electron chi connectivity index (χ2n) is 5.78. The van der Waals surface area contributed by atoms with Gasteiger partial charge in [-0.05, 0) is 31.9 Å². The van der Waals surface area contributed by atoms with Crippen molar-refractivity contribution < 1.29 is 13.2 Å². The summed E-state index contributed by atoms with van der Waals surface area (Å²) in [6.07, 6.45) is 1.09. The fourth-order valence-electron chi connectivity index (χ4n) is 3.15. The Bertz CT molecular complexity index is 653. The third-order valence-corrected chi connectivity index (χ3v) is 7.03. The summed E-state index contributed by atoms with van der Waals surface area (Å²) in [5, 5.41) is 3.37. The van der Waals surface area contributed by atoms with Crippen molar-refractivity contribution in [1.29, 1.82) is 0 Å². The molecule has 0 radical (unpaired) electrons. The molecule has 1 amide bonds. The van der Waals surface area contributed by atoms with E-state index in [9.17, 15) is 13.2 Å². The number of hydrogen-bond acceptors (Lipinski definition) is 5. The van der Waals surface area contributed by atoms with Crippen LogP contribution in [0.25, 0.3) is 0 Å². The molecule has 21 heavy (non-hydrogen) atoms. The number of nitrogens with one attached hydrogen (secondary N) is 1. The summed E-state index contributed by atoms with van der Waals surface area (Å²) in [4.78, 5) is 16.7. The average Bonchev–Trinajstić information content (AvgIpc) is 3.07. The zero-order valence-electron chi connectivity index (χ0n) is 12.2. The number of aryl methyl sites for hydroxylation is 1. The maximum absolute atomic E-state index is 12.6. The molecule has 1 aromatic rings. The third kappa shape index (κ3) is 2.74. The van der Waals surface area contributed by atoms with Crippen LogP contribution in [-0.2, 0) is 14.6 Å². The van der Waals surface area contributed by atoms with Gasteiger partial charge in [0.2, 0.25) is 5.91 Å². The minimum atomic E-state index is -3.00. The first kappa shape index (κ1) is 15.0. The smallest absolute Gasteiger partial charge is 0.241 e. The lowest BCUT2D eigenvalue weighted by atomic mass is 10.2. The highest BCUT2D eigenvalue weighted by Crippen LogP contribution is 2.35. The first-order chi connectivity index (χ1) is 9.91. The van der Waals surface area contributed by atoms with Crippen LogP contribution in [0, 0.1) is 6.92 Å². The Labute approximate surface area is 129 Å². The Hall–Kier alpha value is -0.920. The van der Waals surface area contributed by atoms with Crippen LogP contribution in [0.2, 0.25) is 0 Å². The van der Waals surface area contributed by atoms with Crippen molar-refractivity contribution in [3.05, 3.63) is 21.9 Å². The van der Waals surface area contributed by atoms with Crippen LogP contribution < -0.4 is 5.32 Å². The Kier molecular flexibility index (Phi) is 3.83. The predicted octanol–water partition coefficient (Wildman–Crippen LogP) is 1.45. The zero-order valence-corrected chi connectivity index (χ0v) is 13.8. The molecule has 0 aliphatic carbocycles. The van der Waals surface area contributed by atoms with Crippen molar-refractivity contribution in [3.63, 3.8) is 0 Å². The number of carbonyl (C=O) groups is 1. The molecule has 2 fully saturated rings. The van der Waals surface area contributed by atoms with E-state index in [1.165, 1.54) is 4.88 Å². The van der Waals surface area contributed by atoms with Gasteiger partial charge in [-0.1, -0.05) is 6.92 Å². The quantitative estimate of drug-likeness (QED) is 0.912. The molecule has 3 atom stereocenters. The van der Waals surface area contributed by atoms with Crippen molar-refractivity contribution >= 4 is 27.1 Å². The topological polar surface area (TPSA) is 66.5 Å². The average molecular weight is 328 g/mol. The molecule has 0 spiro atoms. The Morgan fingerprint density at radius 3 is 2.71 bits per heavy atom. The summed E-state index contributed by atoms with van der Waals surface area (Å²) in [5.41, 5.74) is 0. The van der Waals surface area contributed by atoms with Crippen LogP contribution in [0.1, 0.15) is 35.7 Å². The highest BCUT2D eigenvalue weighted by Gasteiger charge is 2.46. The number of amides is 1. The van der Waals surface area contributed by atoms with Gasteiger partial charge < -0.3 is 4.90 Å². The molecule has 3 unspecified atom stereocenters. The molecular formula is C14H20N2O3S2. The molecule has 0 aromatic carbocycles. The third-order valence-electron chi connectivity index (χ3n) is 4.23. The lowest BCUT2D eigenvalue weighted by molar-refractivity contribution is -0.131. The highest BCUT2D eigenvalue weighted by molar-refractivity contribution is 7.91. The molecule has 0 bridgehead atoms. The number of thiophene rings is 1. The molecule has 5 nitrogen and oxygen atoms in total. The van der Waals surface area contributed by atoms with Crippen LogP contribution in [0.4, 0.5) is 0 Å². The van der Waals surface area contributed by atoms with Crippen molar-refractivity contribution in [1.82, 2.24) is 10.2 Å². The van der Waals surface area contributed by atoms with Gasteiger partial charge in [0, 0.05) is 15.8 Å². The van der Waals surface area contributed by atoms with Crippen LogP contribution in [-0.4, -0.2) is 42.8 Å². The van der Waals surface area contributed by atoms with Gasteiger partial charge in [-0.25, -0.2) is 8.42 Å². The molecule has 2 aliphatic rings. The number of hydrogen-bond donors (Lipinski definition) is 1. The van der Waals surface area contributed by atoms with E-state index < -0.39 is 9.84 Å². The van der Waals surface area contributed by atoms with E-state index >= 15 is 0 Å². The minimum Gasteiger partial charge on any atom is -0.317 e. The van der Waals surface area contributed by atoms with Gasteiger partial charge in [0.15, 0.2) is 9.84 Å². The van der Waals surface area contributed by atoms with Gasteiger partial charge in [-0.2, -0.15) is 0 Å². The summed E-state index contributed by atoms with van der Waals surface area (Å²) in [7, 11) is -3.00. The first-order valence-electron chi connectivity index (χ1n) is 7.26. The van der Waals surface area contributed by atoms with E-state index in [2.05, 4.69) is 5.32 Å². The molecule has 2 aliphatic heterocycles. The lowest BCUT2D eigenvalue weighted by Crippen LogP contribution is -2.40. The van der Waals surface area contributed by atoms with Gasteiger partial charge in [0.25, 0.3) is 0 Å². The van der Waals surface area contributed by atoms with Crippen molar-refractivity contribution in [2.24, 2.45) is 0 Å². The second-order valence-corrected chi connectivity index (χ2v) is 9.33. The van der Waals surface area contributed by atoms with E-state index in [1.54, 1.807) is 16.2 Å². The van der Waals surface area contributed by atoms with Gasteiger partial charge in [-0.3, -0.25) is 10.1 Å². The van der Waals surface area contributed by atoms with E-state index in [-0.39, 0.29) is 35.7 Å². The summed E-state index contributed by atoms with van der Waals surface area (Å²) >= 11 is 1.66. The van der Waals surface area contributed by atoms with Crippen LogP contribution in [0.15, 0.2) is 12.1 Å². The van der Waals surface area contributed by atoms with Gasteiger partial charge in [0.1, 0.15) is 6.17 Å². The van der Waals surface area contributed by atoms with E-state index in [4.69, 9.17) is 0 Å². The second kappa shape index (κ2) is 5.37. The summed E-state index contributed by atoms with van der Waals surface area (Å²) in [6.45, 7) is 4.01. The van der Waals surface area contributed by atoms with Crippen LogP contribution in [0.5, 0.6) is 0 Å². The highest BCUT2D eigenvalue weighted by atomic mass is 32.2. The standard InChI is InChI=1S/C14H20N2O3S2/c1-3-11-14(17)16(10-6-7-21(18,19)8-10)13(15-11)12-5-4-9(2)20-12/h4-5,10-11,13,15H,3,6-8H2,1-2H3. The summed E-state index contributed by atoms with van der Waals surface area (Å²) < 4.78 is 23.5. The Morgan fingerprint density at radius 1 is 1.43 bits per heavy atom. The maximum atomic E-state index is 12.6. The molecule has 2 saturated heterocycles. The number of sulfone groups is 1. The van der Waals surface area contributed by atoms with E-state index in [0.717, 1.165) is 11.3 Å². The SMILES string of the molecule is CCC1NC(c2ccc(C)s2)N(C2CCS(=O)(=O)C2)C1=O. The fraction of sp³-hybridized carbons (Fsp3) is 0.643. The molecule has 0 saturated carbocycles. The van der Waals surface area contributed by atoms with Crippen LogP contribution >= 0.6 is 11.3 Å². The first-order valence-corrected chi connectivity index (χ1v) is 9.90. The van der Waals surface area contributed by atoms with Crippen LogP contribution in [0.3, 0.4) is 0 Å². The van der Waals surface area contributed by atoms with Crippen molar-refractivity contribution in [2.45, 2.75) is 44.9 Å². The molecular weight excluding hydrogens is 308 g/mol. The normalized spacial score (nSPS) is 32.0. The molecule has 3 heterocycles. The number of rotatable bonds is 3. The Balaban J connectivity index is 1.92. The number of carbonyl (C=O) groups excluding carboxylic acids is 1. The largest absolute Gasteiger partial charge is 0.317 e. The summed E-state index contributed by atoms with van der Waals surface area (Å²) in [5.74, 6) is 0.322. The molecule has 7 heteroatoms. The fourth-order valence-corrected chi connectivity index (χ4v) is 5.80. The Morgan fingerprint density at radius 2 is 2.19 bits per heavy atom. The van der Waals surface area contributed by atoms with Gasteiger partial charge in [-0.15, -0.1) is 11.3 Å². The van der Waals surface area contributed by atoms with Crippen molar-refractivity contribution in [3.8, 4) is 0 Å². The van der Waals surface area contributed by atoms with E-state index in [1.807, 2.05) is 26.0 Å². The van der Waals surface area contributed by atoms with E-state index in [0.29, 0.717) is 6.42 Å². The minimum absolute atomic E-state index is 0.0376. The van der Waals surface area contributed by atoms with Gasteiger partial charge in [0.05, 0.1) is 17.5 Å². The lowest BCUT2D eigenvalue weighted by Gasteiger charge is -2.28. The monoisotopic (exact) mass is 328 g/mol. The van der Waals surface area contributed by atoms with Crippen molar-refractivity contribution in [2.75, 3.05) is 11.5 Å². The molecule has 1 N–H and O–H groups in total.